The molecule has 1 aromatic heterocycles. The second-order valence-electron chi connectivity index (χ2n) is 2.96. The standard InChI is InChI=1S/C10H11NO/c1-8-7-10(11-12-8)9-5-3-2-4-6-9/h3,5-7H,2,4H2,1H3. The zero-order chi connectivity index (χ0) is 8.39. The van der Waals surface area contributed by atoms with E-state index < -0.39 is 0 Å². The van der Waals surface area contributed by atoms with Crippen molar-refractivity contribution in [2.75, 3.05) is 0 Å². The molecular formula is C10H11NO. The molecule has 0 spiro atoms. The van der Waals surface area contributed by atoms with Crippen molar-refractivity contribution in [1.29, 1.82) is 0 Å². The SMILES string of the molecule is Cc1cc(C2=CCCC=C2)no1. The third-order valence-electron chi connectivity index (χ3n) is 1.92. The highest BCUT2D eigenvalue weighted by Gasteiger charge is 2.05. The van der Waals surface area contributed by atoms with Crippen LogP contribution in [0.1, 0.15) is 24.3 Å². The second-order valence-corrected chi connectivity index (χ2v) is 2.96. The average molecular weight is 161 g/mol. The van der Waals surface area contributed by atoms with Crippen molar-refractivity contribution in [2.24, 2.45) is 0 Å². The molecule has 1 aliphatic carbocycles. The molecule has 0 saturated carbocycles. The van der Waals surface area contributed by atoms with E-state index in [2.05, 4.69) is 23.4 Å². The maximum absolute atomic E-state index is 4.99. The van der Waals surface area contributed by atoms with Crippen molar-refractivity contribution in [1.82, 2.24) is 5.16 Å². The van der Waals surface area contributed by atoms with Crippen LogP contribution in [0.2, 0.25) is 0 Å². The molecule has 0 unspecified atom stereocenters. The maximum atomic E-state index is 4.99. The molecule has 0 atom stereocenters. The molecule has 0 aliphatic heterocycles. The fourth-order valence-corrected chi connectivity index (χ4v) is 1.31. The third-order valence-corrected chi connectivity index (χ3v) is 1.92. The van der Waals surface area contributed by atoms with Crippen LogP contribution in [0, 0.1) is 6.92 Å². The molecule has 12 heavy (non-hydrogen) atoms. The highest BCUT2D eigenvalue weighted by Crippen LogP contribution is 2.20. The smallest absolute Gasteiger partial charge is 0.134 e. The summed E-state index contributed by atoms with van der Waals surface area (Å²) >= 11 is 0. The van der Waals surface area contributed by atoms with E-state index >= 15 is 0 Å². The molecule has 2 heteroatoms. The van der Waals surface area contributed by atoms with Crippen molar-refractivity contribution in [2.45, 2.75) is 19.8 Å². The van der Waals surface area contributed by atoms with Gasteiger partial charge in [0.1, 0.15) is 11.5 Å². The summed E-state index contributed by atoms with van der Waals surface area (Å²) < 4.78 is 4.99. The minimum absolute atomic E-state index is 0.866. The lowest BCUT2D eigenvalue weighted by Crippen LogP contribution is -1.84. The topological polar surface area (TPSA) is 26.0 Å². The molecule has 1 aliphatic rings. The monoisotopic (exact) mass is 161 g/mol. The predicted molar refractivity (Wildman–Crippen MR) is 47.6 cm³/mol. The van der Waals surface area contributed by atoms with Gasteiger partial charge in [0.05, 0.1) is 0 Å². The lowest BCUT2D eigenvalue weighted by molar-refractivity contribution is 0.396. The number of aromatic nitrogens is 1. The molecule has 0 aromatic carbocycles. The first-order chi connectivity index (χ1) is 5.86. The molecule has 0 bridgehead atoms. The van der Waals surface area contributed by atoms with Gasteiger partial charge in [-0.2, -0.15) is 0 Å². The van der Waals surface area contributed by atoms with Crippen LogP contribution >= 0.6 is 0 Å². The Hall–Kier alpha value is -1.31. The average Bonchev–Trinajstić information content (AvgIpc) is 2.54. The zero-order valence-corrected chi connectivity index (χ0v) is 7.08. The van der Waals surface area contributed by atoms with Crippen LogP contribution < -0.4 is 0 Å². The van der Waals surface area contributed by atoms with Crippen molar-refractivity contribution in [3.8, 4) is 0 Å². The lowest BCUT2D eigenvalue weighted by Gasteiger charge is -2.01. The van der Waals surface area contributed by atoms with Gasteiger partial charge >= 0.3 is 0 Å². The second kappa shape index (κ2) is 2.97. The Morgan fingerprint density at radius 3 is 2.92 bits per heavy atom. The molecular weight excluding hydrogens is 150 g/mol. The van der Waals surface area contributed by atoms with E-state index in [9.17, 15) is 0 Å². The third kappa shape index (κ3) is 1.33. The Bertz CT molecular complexity index is 333. The Balaban J connectivity index is 2.30. The largest absolute Gasteiger partial charge is 0.361 e. The van der Waals surface area contributed by atoms with E-state index in [1.54, 1.807) is 0 Å². The Morgan fingerprint density at radius 2 is 2.33 bits per heavy atom. The molecule has 0 radical (unpaired) electrons. The molecule has 1 heterocycles. The van der Waals surface area contributed by atoms with Gasteiger partial charge in [-0.1, -0.05) is 23.4 Å². The molecule has 0 saturated heterocycles. The van der Waals surface area contributed by atoms with Crippen molar-refractivity contribution >= 4 is 5.57 Å². The van der Waals surface area contributed by atoms with E-state index in [0.717, 1.165) is 24.3 Å². The first-order valence-electron chi connectivity index (χ1n) is 4.16. The summed E-state index contributed by atoms with van der Waals surface area (Å²) in [5.74, 6) is 0.866. The lowest BCUT2D eigenvalue weighted by atomic mass is 10.0. The summed E-state index contributed by atoms with van der Waals surface area (Å²) in [6, 6.07) is 1.96. The molecule has 62 valence electrons. The molecule has 2 rings (SSSR count). The van der Waals surface area contributed by atoms with Crippen molar-refractivity contribution in [3.05, 3.63) is 35.7 Å². The first kappa shape index (κ1) is 7.35. The molecule has 1 aromatic rings. The highest BCUT2D eigenvalue weighted by atomic mass is 16.5. The Morgan fingerprint density at radius 1 is 1.42 bits per heavy atom. The number of hydrogen-bond acceptors (Lipinski definition) is 2. The summed E-state index contributed by atoms with van der Waals surface area (Å²) in [7, 11) is 0. The van der Waals surface area contributed by atoms with E-state index in [0.29, 0.717) is 0 Å². The first-order valence-corrected chi connectivity index (χ1v) is 4.16. The van der Waals surface area contributed by atoms with Gasteiger partial charge in [-0.05, 0) is 25.3 Å². The highest BCUT2D eigenvalue weighted by molar-refractivity contribution is 5.72. The Kier molecular flexibility index (Phi) is 1.82. The molecule has 0 fully saturated rings. The van der Waals surface area contributed by atoms with E-state index in [-0.39, 0.29) is 0 Å². The fraction of sp³-hybridized carbons (Fsp3) is 0.300. The summed E-state index contributed by atoms with van der Waals surface area (Å²) in [5, 5.41) is 3.94. The minimum Gasteiger partial charge on any atom is -0.361 e. The minimum atomic E-state index is 0.866. The van der Waals surface area contributed by atoms with Gasteiger partial charge in [0.2, 0.25) is 0 Å². The van der Waals surface area contributed by atoms with Gasteiger partial charge < -0.3 is 4.52 Å². The van der Waals surface area contributed by atoms with Gasteiger partial charge in [0.15, 0.2) is 0 Å². The van der Waals surface area contributed by atoms with Gasteiger partial charge in [-0.15, -0.1) is 0 Å². The van der Waals surface area contributed by atoms with Gasteiger partial charge in [0, 0.05) is 6.07 Å². The number of nitrogens with zero attached hydrogens (tertiary/aromatic N) is 1. The fourth-order valence-electron chi connectivity index (χ4n) is 1.31. The Labute approximate surface area is 71.6 Å². The van der Waals surface area contributed by atoms with Gasteiger partial charge in [0.25, 0.3) is 0 Å². The summed E-state index contributed by atoms with van der Waals surface area (Å²) in [6.07, 6.45) is 8.70. The van der Waals surface area contributed by atoms with Crippen LogP contribution in [0.5, 0.6) is 0 Å². The van der Waals surface area contributed by atoms with Crippen LogP contribution in [0.3, 0.4) is 0 Å². The van der Waals surface area contributed by atoms with E-state index in [4.69, 9.17) is 4.52 Å². The van der Waals surface area contributed by atoms with Crippen LogP contribution in [0.15, 0.2) is 28.8 Å². The van der Waals surface area contributed by atoms with Crippen molar-refractivity contribution in [3.63, 3.8) is 0 Å². The maximum Gasteiger partial charge on any atom is 0.134 e. The van der Waals surface area contributed by atoms with Crippen LogP contribution in [-0.4, -0.2) is 5.16 Å². The quantitative estimate of drug-likeness (QED) is 0.633. The molecule has 0 amide bonds. The number of hydrogen-bond donors (Lipinski definition) is 0. The van der Waals surface area contributed by atoms with Crippen molar-refractivity contribution < 1.29 is 4.52 Å². The van der Waals surface area contributed by atoms with Gasteiger partial charge in [-0.3, -0.25) is 0 Å². The summed E-state index contributed by atoms with van der Waals surface area (Å²) in [4.78, 5) is 0. The van der Waals surface area contributed by atoms with Crippen LogP contribution in [-0.2, 0) is 0 Å². The normalized spacial score (nSPS) is 16.2. The van der Waals surface area contributed by atoms with Gasteiger partial charge in [-0.25, -0.2) is 0 Å². The van der Waals surface area contributed by atoms with E-state index in [1.165, 1.54) is 5.57 Å². The summed E-state index contributed by atoms with van der Waals surface area (Å²) in [5.41, 5.74) is 2.13. The molecule has 2 nitrogen and oxygen atoms in total. The summed E-state index contributed by atoms with van der Waals surface area (Å²) in [6.45, 7) is 1.91. The van der Waals surface area contributed by atoms with Crippen LogP contribution in [0.25, 0.3) is 5.57 Å². The molecule has 0 N–H and O–H groups in total. The van der Waals surface area contributed by atoms with Crippen LogP contribution in [0.4, 0.5) is 0 Å². The number of allylic oxidation sites excluding steroid dienone is 4. The number of aryl methyl sites for hydroxylation is 1. The number of rotatable bonds is 1. The van der Waals surface area contributed by atoms with E-state index in [1.807, 2.05) is 13.0 Å². The predicted octanol–water partition coefficient (Wildman–Crippen LogP) is 2.72. The zero-order valence-electron chi connectivity index (χ0n) is 7.08.